The summed E-state index contributed by atoms with van der Waals surface area (Å²) < 4.78 is 6.60. The van der Waals surface area contributed by atoms with E-state index in [1.165, 1.54) is 32.5 Å². The third-order valence-corrected chi connectivity index (χ3v) is 11.0. The van der Waals surface area contributed by atoms with E-state index >= 15 is 0 Å². The van der Waals surface area contributed by atoms with Crippen LogP contribution < -0.4 is 0 Å². The lowest BCUT2D eigenvalue weighted by Gasteiger charge is -2.20. The molecule has 4 nitrogen and oxygen atoms in total. The average molecular weight is 704 g/mol. The average Bonchev–Trinajstić information content (AvgIpc) is 3.65. The second kappa shape index (κ2) is 12.8. The summed E-state index contributed by atoms with van der Waals surface area (Å²) in [5, 5.41) is 8.32. The first-order chi connectivity index (χ1) is 27.2. The Balaban J connectivity index is 1.08. The van der Waals surface area contributed by atoms with Gasteiger partial charge in [-0.3, -0.25) is 0 Å². The van der Waals surface area contributed by atoms with Gasteiger partial charge in [-0.25, -0.2) is 15.0 Å². The molecule has 10 aromatic rings. The predicted molar refractivity (Wildman–Crippen MR) is 226 cm³/mol. The Labute approximate surface area is 318 Å². The van der Waals surface area contributed by atoms with Gasteiger partial charge in [0.2, 0.25) is 0 Å². The van der Waals surface area contributed by atoms with Crippen molar-refractivity contribution >= 4 is 49.4 Å². The van der Waals surface area contributed by atoms with Gasteiger partial charge in [0, 0.05) is 22.1 Å². The van der Waals surface area contributed by atoms with Gasteiger partial charge in [-0.1, -0.05) is 158 Å². The number of hydrogen-bond acceptors (Lipinski definition) is 4. The highest BCUT2D eigenvalue weighted by Crippen LogP contribution is 2.45. The van der Waals surface area contributed by atoms with E-state index in [9.17, 15) is 0 Å². The van der Waals surface area contributed by atoms with Crippen molar-refractivity contribution in [3.05, 3.63) is 193 Å². The fourth-order valence-electron chi connectivity index (χ4n) is 8.33. The van der Waals surface area contributed by atoms with E-state index in [0.29, 0.717) is 11.6 Å². The van der Waals surface area contributed by atoms with Crippen LogP contribution in [0.4, 0.5) is 0 Å². The highest BCUT2D eigenvalue weighted by Gasteiger charge is 2.30. The van der Waals surface area contributed by atoms with Crippen molar-refractivity contribution in [2.45, 2.75) is 12.3 Å². The van der Waals surface area contributed by atoms with E-state index in [0.717, 1.165) is 67.7 Å². The third kappa shape index (κ3) is 5.42. The lowest BCUT2D eigenvalue weighted by Crippen LogP contribution is -2.12. The van der Waals surface area contributed by atoms with Crippen LogP contribution in [0, 0.1) is 0 Å². The van der Waals surface area contributed by atoms with E-state index in [1.54, 1.807) is 0 Å². The number of hydrogen-bond donors (Lipinski definition) is 0. The lowest BCUT2D eigenvalue weighted by molar-refractivity contribution is 0.586. The van der Waals surface area contributed by atoms with Crippen LogP contribution in [0.2, 0.25) is 0 Å². The number of rotatable bonds is 5. The molecule has 2 heterocycles. The normalized spacial score (nSPS) is 13.9. The van der Waals surface area contributed by atoms with Crippen LogP contribution in [0.1, 0.15) is 29.5 Å². The highest BCUT2D eigenvalue weighted by molar-refractivity contribution is 6.01. The standard InChI is InChI=1S/C51H33N3O/c1-3-13-37-30-39(28-22-32(37)10-1)43-18-8-20-45-47(43)48-44(19-9-21-46(48)55-45)51-53-49(52-50(54-51)40-29-23-33-11-2-4-14-38(33)31-40)36-26-24-35(25-27-36)42-17-7-15-34-12-5-6-16-41(34)42/h1-18,20-31,44H,19H2. The lowest BCUT2D eigenvalue weighted by atomic mass is 9.85. The van der Waals surface area contributed by atoms with Gasteiger partial charge in [0.15, 0.2) is 11.6 Å². The van der Waals surface area contributed by atoms with Gasteiger partial charge in [0.25, 0.3) is 0 Å². The van der Waals surface area contributed by atoms with Gasteiger partial charge < -0.3 is 4.42 Å². The number of benzene rings is 8. The van der Waals surface area contributed by atoms with Crippen LogP contribution in [-0.2, 0) is 0 Å². The first kappa shape index (κ1) is 31.4. The molecular formula is C51H33N3O. The molecule has 55 heavy (non-hydrogen) atoms. The van der Waals surface area contributed by atoms with Crippen LogP contribution in [0.5, 0.6) is 0 Å². The smallest absolute Gasteiger partial charge is 0.163 e. The molecule has 0 saturated carbocycles. The largest absolute Gasteiger partial charge is 0.456 e. The molecule has 1 unspecified atom stereocenters. The molecule has 0 saturated heterocycles. The zero-order chi connectivity index (χ0) is 36.3. The molecule has 0 bridgehead atoms. The molecule has 0 radical (unpaired) electrons. The summed E-state index contributed by atoms with van der Waals surface area (Å²) in [5.74, 6) is 2.75. The van der Waals surface area contributed by atoms with Crippen LogP contribution >= 0.6 is 0 Å². The van der Waals surface area contributed by atoms with Gasteiger partial charge >= 0.3 is 0 Å². The van der Waals surface area contributed by atoms with Crippen molar-refractivity contribution in [1.82, 2.24) is 15.0 Å². The molecule has 0 aliphatic heterocycles. The summed E-state index contributed by atoms with van der Waals surface area (Å²) in [4.78, 5) is 15.8. The monoisotopic (exact) mass is 703 g/mol. The molecule has 258 valence electrons. The minimum atomic E-state index is -0.140. The number of allylic oxidation sites excluding steroid dienone is 1. The van der Waals surface area contributed by atoms with Crippen molar-refractivity contribution in [3.8, 4) is 45.0 Å². The summed E-state index contributed by atoms with van der Waals surface area (Å²) in [5.41, 5.74) is 8.52. The molecule has 8 aromatic carbocycles. The first-order valence-electron chi connectivity index (χ1n) is 18.8. The molecule has 0 amide bonds. The molecule has 1 aliphatic rings. The highest BCUT2D eigenvalue weighted by atomic mass is 16.3. The van der Waals surface area contributed by atoms with E-state index < -0.39 is 0 Å². The SMILES string of the molecule is C1=Cc2oc3cccc(-c4ccc5ccccc5c4)c3c2C(c2nc(-c3ccc(-c4cccc5ccccc45)cc3)nc(-c3ccc4ccccc4c3)n2)C1. The van der Waals surface area contributed by atoms with E-state index in [1.807, 2.05) is 0 Å². The van der Waals surface area contributed by atoms with Crippen LogP contribution in [0.3, 0.4) is 0 Å². The molecule has 0 spiro atoms. The number of furan rings is 1. The molecule has 2 aromatic heterocycles. The Bertz CT molecular complexity index is 3130. The second-order valence-corrected chi connectivity index (χ2v) is 14.3. The molecule has 0 fully saturated rings. The van der Waals surface area contributed by atoms with Crippen LogP contribution in [0.15, 0.2) is 180 Å². The van der Waals surface area contributed by atoms with Crippen LogP contribution in [-0.4, -0.2) is 15.0 Å². The number of aromatic nitrogens is 3. The second-order valence-electron chi connectivity index (χ2n) is 14.3. The first-order valence-corrected chi connectivity index (χ1v) is 18.8. The Morgan fingerprint density at radius 3 is 1.82 bits per heavy atom. The van der Waals surface area contributed by atoms with Gasteiger partial charge in [0.1, 0.15) is 17.2 Å². The summed E-state index contributed by atoms with van der Waals surface area (Å²) >= 11 is 0. The van der Waals surface area contributed by atoms with Gasteiger partial charge in [-0.2, -0.15) is 0 Å². The molecule has 1 atom stereocenters. The number of fused-ring (bicyclic) bond motifs is 6. The Hall–Kier alpha value is -7.17. The minimum Gasteiger partial charge on any atom is -0.456 e. The van der Waals surface area contributed by atoms with Crippen molar-refractivity contribution in [2.75, 3.05) is 0 Å². The quantitative estimate of drug-likeness (QED) is 0.179. The summed E-state index contributed by atoms with van der Waals surface area (Å²) in [6, 6.07) is 60.0. The Morgan fingerprint density at radius 1 is 0.455 bits per heavy atom. The van der Waals surface area contributed by atoms with Gasteiger partial charge in [-0.15, -0.1) is 0 Å². The summed E-state index contributed by atoms with van der Waals surface area (Å²) in [6.07, 6.45) is 5.03. The zero-order valence-corrected chi connectivity index (χ0v) is 29.9. The van der Waals surface area contributed by atoms with Gasteiger partial charge in [-0.05, 0) is 85.3 Å². The Kier molecular flexibility index (Phi) is 7.27. The fraction of sp³-hybridized carbons (Fsp3) is 0.0392. The van der Waals surface area contributed by atoms with Crippen molar-refractivity contribution in [2.24, 2.45) is 0 Å². The maximum atomic E-state index is 6.60. The molecule has 4 heteroatoms. The maximum absolute atomic E-state index is 6.60. The van der Waals surface area contributed by atoms with E-state index in [4.69, 9.17) is 19.4 Å². The summed E-state index contributed by atoms with van der Waals surface area (Å²) in [6.45, 7) is 0. The summed E-state index contributed by atoms with van der Waals surface area (Å²) in [7, 11) is 0. The molecule has 1 aliphatic carbocycles. The Morgan fingerprint density at radius 2 is 1.04 bits per heavy atom. The van der Waals surface area contributed by atoms with Crippen LogP contribution in [0.25, 0.3) is 94.4 Å². The maximum Gasteiger partial charge on any atom is 0.163 e. The van der Waals surface area contributed by atoms with Gasteiger partial charge in [0.05, 0.1) is 5.92 Å². The minimum absolute atomic E-state index is 0.140. The van der Waals surface area contributed by atoms with Crippen molar-refractivity contribution in [3.63, 3.8) is 0 Å². The number of nitrogens with zero attached hydrogens (tertiary/aromatic N) is 3. The fourth-order valence-corrected chi connectivity index (χ4v) is 8.33. The van der Waals surface area contributed by atoms with Crippen molar-refractivity contribution in [1.29, 1.82) is 0 Å². The molecular weight excluding hydrogens is 671 g/mol. The third-order valence-electron chi connectivity index (χ3n) is 11.0. The topological polar surface area (TPSA) is 51.8 Å². The van der Waals surface area contributed by atoms with Crippen molar-refractivity contribution < 1.29 is 4.42 Å². The molecule has 0 N–H and O–H groups in total. The van der Waals surface area contributed by atoms with E-state index in [2.05, 4.69) is 182 Å². The molecule has 11 rings (SSSR count). The zero-order valence-electron chi connectivity index (χ0n) is 29.9. The predicted octanol–water partition coefficient (Wildman–Crippen LogP) is 13.3. The van der Waals surface area contributed by atoms with E-state index in [-0.39, 0.29) is 5.92 Å².